The Bertz CT molecular complexity index is 558. The van der Waals surface area contributed by atoms with Crippen LogP contribution in [0.4, 0.5) is 0 Å². The average Bonchev–Trinajstić information content (AvgIpc) is 2.50. The molecule has 1 amide bonds. The second-order valence-corrected chi connectivity index (χ2v) is 3.93. The lowest BCUT2D eigenvalue weighted by molar-refractivity contribution is -0.143. The smallest absolute Gasteiger partial charge is 0.336 e. The number of carbonyl (C=O) groups excluding carboxylic acids is 3. The van der Waals surface area contributed by atoms with Gasteiger partial charge in [-0.2, -0.15) is 5.26 Å². The number of benzene rings is 1. The molecule has 0 fully saturated rings. The number of ether oxygens (including phenoxy) is 1. The molecule has 0 aliphatic heterocycles. The molecule has 0 aliphatic carbocycles. The van der Waals surface area contributed by atoms with Gasteiger partial charge in [-0.25, -0.2) is 4.79 Å². The molecule has 6 nitrogen and oxygen atoms in total. The van der Waals surface area contributed by atoms with E-state index in [0.29, 0.717) is 5.56 Å². The van der Waals surface area contributed by atoms with Gasteiger partial charge in [-0.15, -0.1) is 0 Å². The van der Waals surface area contributed by atoms with E-state index in [9.17, 15) is 14.4 Å². The number of nitrogens with one attached hydrogen (secondary N) is 1. The van der Waals surface area contributed by atoms with E-state index in [1.807, 2.05) is 6.07 Å². The first kappa shape index (κ1) is 15.4. The third-order valence-electron chi connectivity index (χ3n) is 2.62. The van der Waals surface area contributed by atoms with Gasteiger partial charge >= 0.3 is 5.97 Å². The molecule has 1 aromatic carbocycles. The van der Waals surface area contributed by atoms with E-state index in [-0.39, 0.29) is 12.0 Å². The van der Waals surface area contributed by atoms with Crippen LogP contribution >= 0.6 is 0 Å². The number of esters is 1. The first-order chi connectivity index (χ1) is 9.53. The van der Waals surface area contributed by atoms with Gasteiger partial charge in [0.2, 0.25) is 5.91 Å². The number of carbonyl (C=O) groups is 3. The van der Waals surface area contributed by atoms with Gasteiger partial charge in [0.05, 0.1) is 18.7 Å². The Kier molecular flexibility index (Phi) is 5.42. The van der Waals surface area contributed by atoms with Crippen LogP contribution in [0.2, 0.25) is 0 Å². The average molecular weight is 274 g/mol. The van der Waals surface area contributed by atoms with E-state index >= 15 is 0 Å². The summed E-state index contributed by atoms with van der Waals surface area (Å²) < 4.78 is 4.52. The molecule has 0 saturated heterocycles. The number of nitriles is 1. The molecule has 6 heteroatoms. The molecule has 0 aromatic heterocycles. The Morgan fingerprint density at radius 1 is 1.30 bits per heavy atom. The number of hydrogen-bond acceptors (Lipinski definition) is 5. The number of Topliss-reactive ketones (excluding diaryl/α,β-unsaturated/α-hetero) is 1. The minimum Gasteiger partial charge on any atom is -0.467 e. The zero-order chi connectivity index (χ0) is 15.1. The summed E-state index contributed by atoms with van der Waals surface area (Å²) in [6.07, 6.45) is 0.147. The third kappa shape index (κ3) is 3.65. The molecule has 0 aliphatic rings. The molecule has 0 radical (unpaired) electrons. The van der Waals surface area contributed by atoms with Gasteiger partial charge in [0.1, 0.15) is 0 Å². The van der Waals surface area contributed by atoms with E-state index in [1.54, 1.807) is 6.92 Å². The normalized spacial score (nSPS) is 11.1. The molecule has 1 aromatic rings. The van der Waals surface area contributed by atoms with Crippen LogP contribution in [0.5, 0.6) is 0 Å². The summed E-state index contributed by atoms with van der Waals surface area (Å²) >= 11 is 0. The monoisotopic (exact) mass is 274 g/mol. The van der Waals surface area contributed by atoms with Crippen molar-refractivity contribution in [2.24, 2.45) is 0 Å². The fraction of sp³-hybridized carbons (Fsp3) is 0.286. The lowest BCUT2D eigenvalue weighted by atomic mass is 10.0. The summed E-state index contributed by atoms with van der Waals surface area (Å²) in [6.45, 7) is 1.61. The Hall–Kier alpha value is -2.68. The Morgan fingerprint density at radius 3 is 2.35 bits per heavy atom. The van der Waals surface area contributed by atoms with Crippen LogP contribution < -0.4 is 5.32 Å². The highest BCUT2D eigenvalue weighted by molar-refractivity contribution is 6.13. The van der Waals surface area contributed by atoms with Gasteiger partial charge in [-0.3, -0.25) is 9.59 Å². The minimum absolute atomic E-state index is 0.147. The van der Waals surface area contributed by atoms with Crippen LogP contribution in [-0.4, -0.2) is 30.8 Å². The number of rotatable bonds is 5. The van der Waals surface area contributed by atoms with Crippen LogP contribution in [0.3, 0.4) is 0 Å². The molecule has 0 bridgehead atoms. The van der Waals surface area contributed by atoms with Crippen molar-refractivity contribution < 1.29 is 19.1 Å². The van der Waals surface area contributed by atoms with Crippen molar-refractivity contribution in [1.29, 1.82) is 5.26 Å². The Balaban J connectivity index is 3.00. The zero-order valence-electron chi connectivity index (χ0n) is 11.2. The molecule has 1 N–H and O–H groups in total. The van der Waals surface area contributed by atoms with E-state index in [1.165, 1.54) is 24.3 Å². The topological polar surface area (TPSA) is 96.3 Å². The lowest BCUT2D eigenvalue weighted by Crippen LogP contribution is -2.46. The predicted octanol–water partition coefficient (Wildman–Crippen LogP) is 0.809. The number of methoxy groups -OCH3 is 1. The number of amides is 1. The van der Waals surface area contributed by atoms with Crippen LogP contribution in [0.15, 0.2) is 24.3 Å². The van der Waals surface area contributed by atoms with Crippen molar-refractivity contribution in [2.75, 3.05) is 7.11 Å². The largest absolute Gasteiger partial charge is 0.467 e. The third-order valence-corrected chi connectivity index (χ3v) is 2.62. The van der Waals surface area contributed by atoms with Crippen molar-refractivity contribution in [1.82, 2.24) is 5.32 Å². The molecule has 0 spiro atoms. The van der Waals surface area contributed by atoms with E-state index in [4.69, 9.17) is 5.26 Å². The summed E-state index contributed by atoms with van der Waals surface area (Å²) in [6, 6.07) is 6.32. The molecule has 0 saturated carbocycles. The molecular weight excluding hydrogens is 260 g/mol. The lowest BCUT2D eigenvalue weighted by Gasteiger charge is -2.15. The maximum Gasteiger partial charge on any atom is 0.336 e. The van der Waals surface area contributed by atoms with E-state index in [0.717, 1.165) is 7.11 Å². The highest BCUT2D eigenvalue weighted by atomic mass is 16.5. The quantitative estimate of drug-likeness (QED) is 0.487. The number of nitrogens with zero attached hydrogens (tertiary/aromatic N) is 1. The maximum absolute atomic E-state index is 12.2. The highest BCUT2D eigenvalue weighted by Crippen LogP contribution is 2.08. The fourth-order valence-electron chi connectivity index (χ4n) is 1.49. The summed E-state index contributed by atoms with van der Waals surface area (Å²) in [5, 5.41) is 11.0. The molecule has 1 unspecified atom stereocenters. The molecule has 1 rings (SSSR count). The van der Waals surface area contributed by atoms with Gasteiger partial charge in [0.25, 0.3) is 0 Å². The summed E-state index contributed by atoms with van der Waals surface area (Å²) in [7, 11) is 1.14. The second-order valence-electron chi connectivity index (χ2n) is 3.93. The number of hydrogen-bond donors (Lipinski definition) is 1. The summed E-state index contributed by atoms with van der Waals surface area (Å²) in [4.78, 5) is 35.2. The minimum atomic E-state index is -1.37. The Morgan fingerprint density at radius 2 is 1.90 bits per heavy atom. The van der Waals surface area contributed by atoms with Gasteiger partial charge < -0.3 is 10.1 Å². The van der Waals surface area contributed by atoms with E-state index < -0.39 is 23.7 Å². The predicted molar refractivity (Wildman–Crippen MR) is 69.7 cm³/mol. The molecular formula is C14H14N2O4. The molecule has 1 atom stereocenters. The van der Waals surface area contributed by atoms with Crippen LogP contribution in [0, 0.1) is 11.3 Å². The van der Waals surface area contributed by atoms with Gasteiger partial charge in [0.15, 0.2) is 11.8 Å². The van der Waals surface area contributed by atoms with Crippen molar-refractivity contribution in [3.05, 3.63) is 35.4 Å². The van der Waals surface area contributed by atoms with Gasteiger partial charge in [0, 0.05) is 12.0 Å². The van der Waals surface area contributed by atoms with E-state index in [2.05, 4.69) is 10.1 Å². The van der Waals surface area contributed by atoms with Crippen LogP contribution in [0.1, 0.15) is 29.3 Å². The SMILES string of the molecule is CCC(=O)NC(C(=O)OC)C(=O)c1ccc(C#N)cc1. The summed E-state index contributed by atoms with van der Waals surface area (Å²) in [5.41, 5.74) is 0.615. The Labute approximate surface area is 116 Å². The highest BCUT2D eigenvalue weighted by Gasteiger charge is 2.29. The van der Waals surface area contributed by atoms with Crippen LogP contribution in [-0.2, 0) is 14.3 Å². The first-order valence-corrected chi connectivity index (χ1v) is 5.95. The van der Waals surface area contributed by atoms with Crippen molar-refractivity contribution in [2.45, 2.75) is 19.4 Å². The van der Waals surface area contributed by atoms with Gasteiger partial charge in [-0.1, -0.05) is 6.92 Å². The maximum atomic E-state index is 12.2. The summed E-state index contributed by atoms with van der Waals surface area (Å²) in [5.74, 6) is -1.84. The molecule has 20 heavy (non-hydrogen) atoms. The van der Waals surface area contributed by atoms with Crippen molar-refractivity contribution >= 4 is 17.7 Å². The molecule has 104 valence electrons. The standard InChI is InChI=1S/C14H14N2O4/c1-3-11(17)16-12(14(19)20-2)13(18)10-6-4-9(8-15)5-7-10/h4-7,12H,3H2,1-2H3,(H,16,17). The molecule has 0 heterocycles. The van der Waals surface area contributed by atoms with Crippen molar-refractivity contribution in [3.63, 3.8) is 0 Å². The van der Waals surface area contributed by atoms with Crippen LogP contribution in [0.25, 0.3) is 0 Å². The second kappa shape index (κ2) is 7.04. The zero-order valence-corrected chi connectivity index (χ0v) is 11.2. The first-order valence-electron chi connectivity index (χ1n) is 5.95. The fourth-order valence-corrected chi connectivity index (χ4v) is 1.49. The van der Waals surface area contributed by atoms with Crippen molar-refractivity contribution in [3.8, 4) is 6.07 Å². The number of ketones is 1. The van der Waals surface area contributed by atoms with Gasteiger partial charge in [-0.05, 0) is 24.3 Å².